The first-order chi connectivity index (χ1) is 8.00. The summed E-state index contributed by atoms with van der Waals surface area (Å²) in [5.74, 6) is 0.231. The number of likely N-dealkylation sites (tertiary alicyclic amines) is 1. The summed E-state index contributed by atoms with van der Waals surface area (Å²) in [6.07, 6.45) is 0.559. The molecule has 0 unspecified atom stereocenters. The average molecular weight is 255 g/mol. The van der Waals surface area contributed by atoms with E-state index in [4.69, 9.17) is 4.74 Å². The van der Waals surface area contributed by atoms with Gasteiger partial charge in [-0.1, -0.05) is 20.8 Å². The second kappa shape index (κ2) is 4.90. The number of ether oxygens (including phenoxy) is 1. The number of carbonyl (C=O) groups excluding carboxylic acids is 2. The quantitative estimate of drug-likeness (QED) is 0.668. The molecule has 0 aromatic carbocycles. The normalized spacial score (nSPS) is 22.0. The molecule has 1 saturated heterocycles. The van der Waals surface area contributed by atoms with Crippen LogP contribution in [-0.2, 0) is 9.53 Å². The zero-order chi connectivity index (χ0) is 14.1. The van der Waals surface area contributed by atoms with Gasteiger partial charge < -0.3 is 9.64 Å². The summed E-state index contributed by atoms with van der Waals surface area (Å²) in [4.78, 5) is 25.5. The molecule has 1 aliphatic rings. The zero-order valence-electron chi connectivity index (χ0n) is 12.4. The SMILES string of the molecule is CC(C)(C)OC(=O)N1CCC(=O)C[C@@H]1C(C)(C)C. The van der Waals surface area contributed by atoms with Gasteiger partial charge in [-0.15, -0.1) is 0 Å². The molecular formula is C14H25NO3. The molecule has 104 valence electrons. The minimum absolute atomic E-state index is 0.0754. The lowest BCUT2D eigenvalue weighted by Crippen LogP contribution is -2.53. The van der Waals surface area contributed by atoms with Gasteiger partial charge in [0.15, 0.2) is 0 Å². The van der Waals surface area contributed by atoms with Crippen LogP contribution in [0, 0.1) is 5.41 Å². The standard InChI is InChI=1S/C14H25NO3/c1-13(2,3)11-9-10(16)7-8-15(11)12(17)18-14(4,5)6/h11H,7-9H2,1-6H3/t11-/m1/s1. The van der Waals surface area contributed by atoms with Gasteiger partial charge >= 0.3 is 6.09 Å². The summed E-state index contributed by atoms with van der Waals surface area (Å²) in [5.41, 5.74) is -0.617. The van der Waals surface area contributed by atoms with Crippen molar-refractivity contribution in [2.45, 2.75) is 66.0 Å². The third kappa shape index (κ3) is 4.00. The van der Waals surface area contributed by atoms with Crippen molar-refractivity contribution in [3.8, 4) is 0 Å². The lowest BCUT2D eigenvalue weighted by Gasteiger charge is -2.42. The number of nitrogens with zero attached hydrogens (tertiary/aromatic N) is 1. The van der Waals surface area contributed by atoms with E-state index in [1.54, 1.807) is 4.90 Å². The minimum Gasteiger partial charge on any atom is -0.444 e. The van der Waals surface area contributed by atoms with Gasteiger partial charge in [0.1, 0.15) is 11.4 Å². The van der Waals surface area contributed by atoms with Gasteiger partial charge in [0.25, 0.3) is 0 Å². The summed E-state index contributed by atoms with van der Waals surface area (Å²) < 4.78 is 5.41. The van der Waals surface area contributed by atoms with Gasteiger partial charge in [-0.2, -0.15) is 0 Å². The number of carbonyl (C=O) groups is 2. The highest BCUT2D eigenvalue weighted by Gasteiger charge is 2.39. The van der Waals surface area contributed by atoms with Crippen LogP contribution in [0.15, 0.2) is 0 Å². The Morgan fingerprint density at radius 3 is 2.22 bits per heavy atom. The van der Waals surface area contributed by atoms with Crippen molar-refractivity contribution in [2.75, 3.05) is 6.54 Å². The summed E-state index contributed by atoms with van der Waals surface area (Å²) in [6, 6.07) is -0.0754. The molecule has 1 fully saturated rings. The summed E-state index contributed by atoms with van der Waals surface area (Å²) in [7, 11) is 0. The summed E-state index contributed by atoms with van der Waals surface area (Å²) in [6.45, 7) is 12.2. The Kier molecular flexibility index (Phi) is 4.08. The second-order valence-electron chi connectivity index (χ2n) is 7.05. The molecular weight excluding hydrogens is 230 g/mol. The molecule has 1 aliphatic heterocycles. The average Bonchev–Trinajstić information content (AvgIpc) is 2.13. The monoisotopic (exact) mass is 255 g/mol. The fraction of sp³-hybridized carbons (Fsp3) is 0.857. The van der Waals surface area contributed by atoms with Gasteiger partial charge in [0, 0.05) is 25.4 Å². The fourth-order valence-electron chi connectivity index (χ4n) is 2.14. The predicted octanol–water partition coefficient (Wildman–Crippen LogP) is 3.00. The van der Waals surface area contributed by atoms with Crippen LogP contribution < -0.4 is 0 Å². The number of hydrogen-bond acceptors (Lipinski definition) is 3. The number of rotatable bonds is 0. The Balaban J connectivity index is 2.84. The van der Waals surface area contributed by atoms with Gasteiger partial charge in [-0.05, 0) is 26.2 Å². The molecule has 1 amide bonds. The maximum atomic E-state index is 12.2. The van der Waals surface area contributed by atoms with E-state index in [2.05, 4.69) is 0 Å². The van der Waals surface area contributed by atoms with E-state index in [1.165, 1.54) is 0 Å². The molecule has 1 heterocycles. The molecule has 0 aromatic rings. The molecule has 0 N–H and O–H groups in total. The molecule has 1 rings (SSSR count). The van der Waals surface area contributed by atoms with E-state index >= 15 is 0 Å². The first-order valence-electron chi connectivity index (χ1n) is 6.52. The zero-order valence-corrected chi connectivity index (χ0v) is 12.4. The van der Waals surface area contributed by atoms with E-state index in [1.807, 2.05) is 41.5 Å². The molecule has 0 radical (unpaired) electrons. The van der Waals surface area contributed by atoms with Crippen LogP contribution in [0.4, 0.5) is 4.79 Å². The van der Waals surface area contributed by atoms with Crippen molar-refractivity contribution in [3.05, 3.63) is 0 Å². The molecule has 4 nitrogen and oxygen atoms in total. The Morgan fingerprint density at radius 2 is 1.78 bits per heavy atom. The van der Waals surface area contributed by atoms with Gasteiger partial charge in [-0.25, -0.2) is 4.79 Å². The number of Topliss-reactive ketones (excluding diaryl/α,β-unsaturated/α-hetero) is 1. The molecule has 18 heavy (non-hydrogen) atoms. The first-order valence-corrected chi connectivity index (χ1v) is 6.52. The first kappa shape index (κ1) is 15.0. The highest BCUT2D eigenvalue weighted by atomic mass is 16.6. The van der Waals surface area contributed by atoms with Crippen LogP contribution in [0.2, 0.25) is 0 Å². The van der Waals surface area contributed by atoms with E-state index in [-0.39, 0.29) is 23.3 Å². The molecule has 0 saturated carbocycles. The van der Waals surface area contributed by atoms with Gasteiger partial charge in [-0.3, -0.25) is 4.79 Å². The second-order valence-corrected chi connectivity index (χ2v) is 7.05. The van der Waals surface area contributed by atoms with Gasteiger partial charge in [0.05, 0.1) is 0 Å². The number of piperidine rings is 1. The van der Waals surface area contributed by atoms with Crippen LogP contribution >= 0.6 is 0 Å². The Labute approximate surface area is 110 Å². The van der Waals surface area contributed by atoms with Crippen molar-refractivity contribution < 1.29 is 14.3 Å². The molecule has 0 spiro atoms. The van der Waals surface area contributed by atoms with Crippen LogP contribution in [-0.4, -0.2) is 35.0 Å². The summed E-state index contributed by atoms with van der Waals surface area (Å²) in [5, 5.41) is 0. The van der Waals surface area contributed by atoms with Crippen LogP contribution in [0.5, 0.6) is 0 Å². The van der Waals surface area contributed by atoms with Crippen LogP contribution in [0.25, 0.3) is 0 Å². The molecule has 1 atom stereocenters. The maximum Gasteiger partial charge on any atom is 0.410 e. The van der Waals surface area contributed by atoms with Crippen LogP contribution in [0.3, 0.4) is 0 Å². The van der Waals surface area contributed by atoms with E-state index in [0.717, 1.165) is 0 Å². The van der Waals surface area contributed by atoms with Crippen LogP contribution in [0.1, 0.15) is 54.4 Å². The number of hydrogen-bond donors (Lipinski definition) is 0. The summed E-state index contributed by atoms with van der Waals surface area (Å²) >= 11 is 0. The maximum absolute atomic E-state index is 12.2. The third-order valence-electron chi connectivity index (χ3n) is 3.06. The molecule has 0 aliphatic carbocycles. The minimum atomic E-state index is -0.499. The van der Waals surface area contributed by atoms with E-state index in [9.17, 15) is 9.59 Å². The van der Waals surface area contributed by atoms with Gasteiger partial charge in [0.2, 0.25) is 0 Å². The molecule has 4 heteroatoms. The van der Waals surface area contributed by atoms with E-state index in [0.29, 0.717) is 19.4 Å². The highest BCUT2D eigenvalue weighted by Crippen LogP contribution is 2.31. The fourth-order valence-corrected chi connectivity index (χ4v) is 2.14. The van der Waals surface area contributed by atoms with E-state index < -0.39 is 5.60 Å². The molecule has 0 aromatic heterocycles. The van der Waals surface area contributed by atoms with Crippen molar-refractivity contribution in [2.24, 2.45) is 5.41 Å². The van der Waals surface area contributed by atoms with Crippen molar-refractivity contribution in [3.63, 3.8) is 0 Å². The van der Waals surface area contributed by atoms with Crippen molar-refractivity contribution in [1.82, 2.24) is 4.90 Å². The van der Waals surface area contributed by atoms with Crippen molar-refractivity contribution >= 4 is 11.9 Å². The molecule has 0 bridgehead atoms. The lowest BCUT2D eigenvalue weighted by atomic mass is 9.80. The smallest absolute Gasteiger partial charge is 0.410 e. The topological polar surface area (TPSA) is 46.6 Å². The third-order valence-corrected chi connectivity index (χ3v) is 3.06. The number of amides is 1. The lowest BCUT2D eigenvalue weighted by molar-refractivity contribution is -0.124. The number of ketones is 1. The Morgan fingerprint density at radius 1 is 1.22 bits per heavy atom. The predicted molar refractivity (Wildman–Crippen MR) is 70.4 cm³/mol. The van der Waals surface area contributed by atoms with Crippen molar-refractivity contribution in [1.29, 1.82) is 0 Å². The Hall–Kier alpha value is -1.06. The largest absolute Gasteiger partial charge is 0.444 e. The highest BCUT2D eigenvalue weighted by molar-refractivity contribution is 5.82. The Bertz CT molecular complexity index is 336.